The van der Waals surface area contributed by atoms with Gasteiger partial charge in [0.2, 0.25) is 0 Å². The minimum absolute atomic E-state index is 0.0438. The van der Waals surface area contributed by atoms with Gasteiger partial charge in [0.1, 0.15) is 12.4 Å². The molecule has 0 spiro atoms. The Bertz CT molecular complexity index is 656. The van der Waals surface area contributed by atoms with Crippen LogP contribution >= 0.6 is 0 Å². The van der Waals surface area contributed by atoms with Crippen LogP contribution in [0, 0.1) is 0 Å². The van der Waals surface area contributed by atoms with Crippen molar-refractivity contribution in [1.82, 2.24) is 24.6 Å². The molecule has 0 radical (unpaired) electrons. The molecule has 1 aromatic carbocycles. The number of carbonyl (C=O) groups is 1. The first-order valence-electron chi connectivity index (χ1n) is 7.64. The van der Waals surface area contributed by atoms with Crippen molar-refractivity contribution >= 4 is 6.03 Å². The van der Waals surface area contributed by atoms with Gasteiger partial charge >= 0.3 is 6.03 Å². The smallest absolute Gasteiger partial charge is 0.320 e. The highest BCUT2D eigenvalue weighted by molar-refractivity contribution is 5.74. The molecule has 1 unspecified atom stereocenters. The Hall–Kier alpha value is -2.41. The van der Waals surface area contributed by atoms with E-state index in [9.17, 15) is 4.79 Å². The van der Waals surface area contributed by atoms with Crippen molar-refractivity contribution in [1.29, 1.82) is 0 Å². The third-order valence-corrected chi connectivity index (χ3v) is 3.80. The van der Waals surface area contributed by atoms with Crippen molar-refractivity contribution in [3.63, 3.8) is 0 Å². The maximum Gasteiger partial charge on any atom is 0.320 e. The van der Waals surface area contributed by atoms with E-state index >= 15 is 0 Å². The van der Waals surface area contributed by atoms with Crippen LogP contribution in [0.25, 0.3) is 0 Å². The van der Waals surface area contributed by atoms with E-state index < -0.39 is 0 Å². The molecule has 2 amide bonds. The molecule has 0 N–H and O–H groups in total. The fourth-order valence-corrected chi connectivity index (χ4v) is 2.61. The maximum atomic E-state index is 12.3. The van der Waals surface area contributed by atoms with Gasteiger partial charge in [-0.15, -0.1) is 0 Å². The van der Waals surface area contributed by atoms with Gasteiger partial charge in [0, 0.05) is 20.6 Å². The normalized spacial score (nSPS) is 18.0. The predicted molar refractivity (Wildman–Crippen MR) is 84.9 cm³/mol. The van der Waals surface area contributed by atoms with Gasteiger partial charge in [0.25, 0.3) is 0 Å². The highest BCUT2D eigenvalue weighted by Gasteiger charge is 2.32. The monoisotopic (exact) mass is 315 g/mol. The summed E-state index contributed by atoms with van der Waals surface area (Å²) >= 11 is 0. The summed E-state index contributed by atoms with van der Waals surface area (Å²) in [4.78, 5) is 20.0. The summed E-state index contributed by atoms with van der Waals surface area (Å²) in [5.74, 6) is 0.621. The number of ether oxygens (including phenoxy) is 1. The van der Waals surface area contributed by atoms with Crippen LogP contribution in [-0.4, -0.2) is 64.4 Å². The van der Waals surface area contributed by atoms with E-state index in [0.717, 1.165) is 5.56 Å². The first-order chi connectivity index (χ1) is 11.1. The second-order valence-electron chi connectivity index (χ2n) is 5.75. The van der Waals surface area contributed by atoms with Gasteiger partial charge in [-0.05, 0) is 5.56 Å². The largest absolute Gasteiger partial charge is 0.377 e. The third kappa shape index (κ3) is 3.50. The number of amides is 2. The van der Waals surface area contributed by atoms with Crippen molar-refractivity contribution in [3.8, 4) is 0 Å². The SMILES string of the molecule is CN(C)C(=O)N1CCOCC1c1ncn(Cc2ccccc2)n1. The van der Waals surface area contributed by atoms with Gasteiger partial charge in [-0.3, -0.25) is 0 Å². The Kier molecular flexibility index (Phi) is 4.57. The molecule has 1 fully saturated rings. The minimum Gasteiger partial charge on any atom is -0.377 e. The summed E-state index contributed by atoms with van der Waals surface area (Å²) in [5, 5.41) is 4.53. The highest BCUT2D eigenvalue weighted by atomic mass is 16.5. The molecule has 1 aliphatic rings. The van der Waals surface area contributed by atoms with E-state index in [1.54, 1.807) is 34.9 Å². The van der Waals surface area contributed by atoms with Crippen LogP contribution in [0.5, 0.6) is 0 Å². The molecule has 0 saturated carbocycles. The van der Waals surface area contributed by atoms with Crippen LogP contribution in [0.1, 0.15) is 17.4 Å². The first-order valence-corrected chi connectivity index (χ1v) is 7.64. The third-order valence-electron chi connectivity index (χ3n) is 3.80. The molecule has 122 valence electrons. The number of nitrogens with zero attached hydrogens (tertiary/aromatic N) is 5. The number of urea groups is 1. The Morgan fingerprint density at radius 1 is 1.35 bits per heavy atom. The van der Waals surface area contributed by atoms with E-state index in [2.05, 4.69) is 10.1 Å². The van der Waals surface area contributed by atoms with Crippen LogP contribution in [-0.2, 0) is 11.3 Å². The van der Waals surface area contributed by atoms with Crippen molar-refractivity contribution in [2.24, 2.45) is 0 Å². The first kappa shape index (κ1) is 15.5. The molecule has 0 aliphatic carbocycles. The number of benzene rings is 1. The molecule has 3 rings (SSSR count). The number of morpholine rings is 1. The second kappa shape index (κ2) is 6.78. The second-order valence-corrected chi connectivity index (χ2v) is 5.75. The molecule has 2 heterocycles. The van der Waals surface area contributed by atoms with E-state index in [1.807, 2.05) is 30.3 Å². The molecule has 23 heavy (non-hydrogen) atoms. The average Bonchev–Trinajstić information content (AvgIpc) is 3.03. The highest BCUT2D eigenvalue weighted by Crippen LogP contribution is 2.22. The Labute approximate surface area is 135 Å². The van der Waals surface area contributed by atoms with Crippen molar-refractivity contribution in [2.75, 3.05) is 33.9 Å². The summed E-state index contributed by atoms with van der Waals surface area (Å²) in [6.07, 6.45) is 1.70. The van der Waals surface area contributed by atoms with Crippen LogP contribution in [0.15, 0.2) is 36.7 Å². The predicted octanol–water partition coefficient (Wildman–Crippen LogP) is 1.38. The van der Waals surface area contributed by atoms with Crippen molar-refractivity contribution in [2.45, 2.75) is 12.6 Å². The number of rotatable bonds is 3. The average molecular weight is 315 g/mol. The van der Waals surface area contributed by atoms with E-state index in [0.29, 0.717) is 32.1 Å². The fourth-order valence-electron chi connectivity index (χ4n) is 2.61. The zero-order valence-corrected chi connectivity index (χ0v) is 13.4. The molecule has 2 aromatic rings. The zero-order chi connectivity index (χ0) is 16.2. The molecule has 7 heteroatoms. The minimum atomic E-state index is -0.240. The van der Waals surface area contributed by atoms with Crippen LogP contribution in [0.3, 0.4) is 0 Å². The number of hydrogen-bond acceptors (Lipinski definition) is 4. The lowest BCUT2D eigenvalue weighted by molar-refractivity contribution is 0.00302. The molecule has 1 aromatic heterocycles. The van der Waals surface area contributed by atoms with E-state index in [1.165, 1.54) is 0 Å². The molecule has 7 nitrogen and oxygen atoms in total. The topological polar surface area (TPSA) is 63.5 Å². The van der Waals surface area contributed by atoms with Crippen LogP contribution in [0.2, 0.25) is 0 Å². The Morgan fingerprint density at radius 2 is 2.13 bits per heavy atom. The lowest BCUT2D eigenvalue weighted by Crippen LogP contribution is -2.48. The molecular formula is C16H21N5O2. The summed E-state index contributed by atoms with van der Waals surface area (Å²) in [6.45, 7) is 2.17. The summed E-state index contributed by atoms with van der Waals surface area (Å²) in [5.41, 5.74) is 1.16. The van der Waals surface area contributed by atoms with Crippen molar-refractivity contribution in [3.05, 3.63) is 48.0 Å². The Balaban J connectivity index is 1.76. The zero-order valence-electron chi connectivity index (χ0n) is 13.4. The summed E-state index contributed by atoms with van der Waals surface area (Å²) in [6, 6.07) is 9.80. The van der Waals surface area contributed by atoms with Gasteiger partial charge in [0.05, 0.1) is 19.8 Å². The lowest BCUT2D eigenvalue weighted by Gasteiger charge is -2.35. The van der Waals surface area contributed by atoms with Gasteiger partial charge in [-0.1, -0.05) is 30.3 Å². The number of aromatic nitrogens is 3. The standard InChI is InChI=1S/C16H21N5O2/c1-19(2)16(22)21-8-9-23-11-14(21)15-17-12-20(18-15)10-13-6-4-3-5-7-13/h3-7,12,14H,8-11H2,1-2H3. The van der Waals surface area contributed by atoms with Crippen LogP contribution in [0.4, 0.5) is 4.79 Å². The van der Waals surface area contributed by atoms with Gasteiger partial charge in [-0.25, -0.2) is 14.5 Å². The Morgan fingerprint density at radius 3 is 2.87 bits per heavy atom. The molecule has 1 aliphatic heterocycles. The fraction of sp³-hybridized carbons (Fsp3) is 0.438. The van der Waals surface area contributed by atoms with E-state index in [-0.39, 0.29) is 12.1 Å². The van der Waals surface area contributed by atoms with Crippen LogP contribution < -0.4 is 0 Å². The lowest BCUT2D eigenvalue weighted by atomic mass is 10.2. The quantitative estimate of drug-likeness (QED) is 0.858. The number of carbonyl (C=O) groups excluding carboxylic acids is 1. The van der Waals surface area contributed by atoms with Gasteiger partial charge in [0.15, 0.2) is 5.82 Å². The molecule has 0 bridgehead atoms. The molecule has 1 atom stereocenters. The number of hydrogen-bond donors (Lipinski definition) is 0. The van der Waals surface area contributed by atoms with Gasteiger partial charge < -0.3 is 14.5 Å². The van der Waals surface area contributed by atoms with Crippen molar-refractivity contribution < 1.29 is 9.53 Å². The molecule has 1 saturated heterocycles. The molecular weight excluding hydrogens is 294 g/mol. The van der Waals surface area contributed by atoms with Gasteiger partial charge in [-0.2, -0.15) is 5.10 Å². The maximum absolute atomic E-state index is 12.3. The summed E-state index contributed by atoms with van der Waals surface area (Å²) < 4.78 is 7.31. The summed E-state index contributed by atoms with van der Waals surface area (Å²) in [7, 11) is 3.49. The van der Waals surface area contributed by atoms with E-state index in [4.69, 9.17) is 4.74 Å².